The largest absolute Gasteiger partial charge is 0.456 e. The van der Waals surface area contributed by atoms with E-state index in [4.69, 9.17) is 19.4 Å². The Morgan fingerprint density at radius 3 is 1.61 bits per heavy atom. The number of rotatable bonds is 6. The van der Waals surface area contributed by atoms with Gasteiger partial charge in [0.1, 0.15) is 11.2 Å². The number of hydrogen-bond donors (Lipinski definition) is 0. The van der Waals surface area contributed by atoms with Crippen LogP contribution >= 0.6 is 0 Å². The van der Waals surface area contributed by atoms with Crippen molar-refractivity contribution < 1.29 is 4.42 Å². The first-order valence-electron chi connectivity index (χ1n) is 18.8. The van der Waals surface area contributed by atoms with E-state index in [1.165, 1.54) is 21.9 Å². The molecule has 3 heterocycles. The molecule has 5 heteroatoms. The number of nitrogens with zero attached hydrogens (tertiary/aromatic N) is 4. The summed E-state index contributed by atoms with van der Waals surface area (Å²) in [4.78, 5) is 15.2. The topological polar surface area (TPSA) is 56.7 Å². The maximum atomic E-state index is 6.68. The average Bonchev–Trinajstić information content (AvgIpc) is 3.83. The molecule has 8 aromatic carbocycles. The number of benzene rings is 8. The van der Waals surface area contributed by atoms with Gasteiger partial charge in [0.05, 0.1) is 11.0 Å². The molecule has 0 saturated carbocycles. The maximum absolute atomic E-state index is 6.68. The molecule has 0 unspecified atom stereocenters. The lowest BCUT2D eigenvalue weighted by Gasteiger charge is -2.14. The minimum atomic E-state index is 0.574. The molecule has 0 aliphatic rings. The summed E-state index contributed by atoms with van der Waals surface area (Å²) in [6.07, 6.45) is 0. The number of aromatic nitrogens is 4. The minimum Gasteiger partial charge on any atom is -0.456 e. The van der Waals surface area contributed by atoms with Crippen molar-refractivity contribution in [3.8, 4) is 62.1 Å². The van der Waals surface area contributed by atoms with Gasteiger partial charge in [-0.1, -0.05) is 158 Å². The molecule has 0 aliphatic carbocycles. The smallest absolute Gasteiger partial charge is 0.164 e. The second kappa shape index (κ2) is 13.0. The third-order valence-corrected chi connectivity index (χ3v) is 10.6. The van der Waals surface area contributed by atoms with Crippen LogP contribution in [0.15, 0.2) is 199 Å². The van der Waals surface area contributed by atoms with E-state index in [9.17, 15) is 0 Å². The van der Waals surface area contributed by atoms with Gasteiger partial charge in [-0.3, -0.25) is 0 Å². The first-order chi connectivity index (χ1) is 27.8. The molecule has 3 aromatic heterocycles. The van der Waals surface area contributed by atoms with Crippen LogP contribution in [-0.4, -0.2) is 19.5 Å². The van der Waals surface area contributed by atoms with Crippen molar-refractivity contribution >= 4 is 43.7 Å². The summed E-state index contributed by atoms with van der Waals surface area (Å²) in [5.74, 6) is 1.80. The highest BCUT2D eigenvalue weighted by molar-refractivity contribution is 6.20. The lowest BCUT2D eigenvalue weighted by atomic mass is 9.94. The van der Waals surface area contributed by atoms with Gasteiger partial charge in [0.15, 0.2) is 17.5 Å². The van der Waals surface area contributed by atoms with Crippen LogP contribution in [0, 0.1) is 0 Å². The van der Waals surface area contributed by atoms with E-state index in [2.05, 4.69) is 126 Å². The average molecular weight is 717 g/mol. The van der Waals surface area contributed by atoms with Crippen molar-refractivity contribution in [1.82, 2.24) is 19.5 Å². The fraction of sp³-hybridized carbons (Fsp3) is 0. The molecule has 0 radical (unpaired) electrons. The number of fused-ring (bicyclic) bond motifs is 6. The van der Waals surface area contributed by atoms with E-state index >= 15 is 0 Å². The SMILES string of the molecule is c1ccc(-c2ccc3c4cccc(-c5cc(-c6nc(-c7ccccc7)nc(-c7ccccc7)n6)cc6oc7ccccc7c56)c4n(-c4ccccc4)c3c2)cc1. The van der Waals surface area contributed by atoms with E-state index in [1.807, 2.05) is 72.8 Å². The second-order valence-electron chi connectivity index (χ2n) is 14.0. The monoisotopic (exact) mass is 716 g/mol. The summed E-state index contributed by atoms with van der Waals surface area (Å²) in [7, 11) is 0. The summed E-state index contributed by atoms with van der Waals surface area (Å²) in [6.45, 7) is 0. The molecular weight excluding hydrogens is 685 g/mol. The molecular formula is C51H32N4O. The van der Waals surface area contributed by atoms with Crippen molar-refractivity contribution in [2.45, 2.75) is 0 Å². The Hall–Kier alpha value is -7.63. The molecule has 56 heavy (non-hydrogen) atoms. The highest BCUT2D eigenvalue weighted by Crippen LogP contribution is 2.45. The zero-order chi connectivity index (χ0) is 37.0. The van der Waals surface area contributed by atoms with Crippen molar-refractivity contribution in [3.63, 3.8) is 0 Å². The highest BCUT2D eigenvalue weighted by Gasteiger charge is 2.23. The molecule has 5 nitrogen and oxygen atoms in total. The van der Waals surface area contributed by atoms with Crippen LogP contribution < -0.4 is 0 Å². The van der Waals surface area contributed by atoms with Gasteiger partial charge in [-0.15, -0.1) is 0 Å². The third-order valence-electron chi connectivity index (χ3n) is 10.6. The Morgan fingerprint density at radius 2 is 0.929 bits per heavy atom. The maximum Gasteiger partial charge on any atom is 0.164 e. The van der Waals surface area contributed by atoms with Crippen molar-refractivity contribution in [2.75, 3.05) is 0 Å². The van der Waals surface area contributed by atoms with Gasteiger partial charge in [0.25, 0.3) is 0 Å². The fourth-order valence-corrected chi connectivity index (χ4v) is 8.07. The van der Waals surface area contributed by atoms with E-state index in [1.54, 1.807) is 0 Å². The summed E-state index contributed by atoms with van der Waals surface area (Å²) >= 11 is 0. The van der Waals surface area contributed by atoms with Crippen LogP contribution in [-0.2, 0) is 0 Å². The fourth-order valence-electron chi connectivity index (χ4n) is 8.07. The second-order valence-corrected chi connectivity index (χ2v) is 14.0. The Kier molecular flexibility index (Phi) is 7.42. The van der Waals surface area contributed by atoms with Crippen molar-refractivity contribution in [2.24, 2.45) is 0 Å². The Labute approximate surface area is 322 Å². The number of furan rings is 1. The first-order valence-corrected chi connectivity index (χ1v) is 18.8. The lowest BCUT2D eigenvalue weighted by Crippen LogP contribution is -2.00. The first kappa shape index (κ1) is 31.9. The normalized spacial score (nSPS) is 11.6. The minimum absolute atomic E-state index is 0.574. The molecule has 0 atom stereocenters. The van der Waals surface area contributed by atoms with E-state index < -0.39 is 0 Å². The van der Waals surface area contributed by atoms with Gasteiger partial charge in [-0.2, -0.15) is 0 Å². The van der Waals surface area contributed by atoms with Crippen LogP contribution in [0.3, 0.4) is 0 Å². The standard InChI is InChI=1S/C51H32N4O/c1-5-16-33(17-6-1)36-28-29-39-40-25-15-26-41(48(40)55(44(39)31-36)38-22-11-4-12-23-38)43-30-37(32-46-47(43)42-24-13-14-27-45(42)56-46)51-53-49(34-18-7-2-8-19-34)52-50(54-51)35-20-9-3-10-21-35/h1-32H. The van der Waals surface area contributed by atoms with Gasteiger partial charge >= 0.3 is 0 Å². The van der Waals surface area contributed by atoms with Crippen molar-refractivity contribution in [3.05, 3.63) is 194 Å². The van der Waals surface area contributed by atoms with Crippen LogP contribution in [0.1, 0.15) is 0 Å². The van der Waals surface area contributed by atoms with Crippen molar-refractivity contribution in [1.29, 1.82) is 0 Å². The van der Waals surface area contributed by atoms with Crippen LogP contribution in [0.5, 0.6) is 0 Å². The van der Waals surface area contributed by atoms with E-state index in [-0.39, 0.29) is 0 Å². The zero-order valence-electron chi connectivity index (χ0n) is 30.2. The number of hydrogen-bond acceptors (Lipinski definition) is 4. The summed E-state index contributed by atoms with van der Waals surface area (Å²) < 4.78 is 9.09. The molecule has 0 N–H and O–H groups in total. The highest BCUT2D eigenvalue weighted by atomic mass is 16.3. The summed E-state index contributed by atoms with van der Waals surface area (Å²) in [6, 6.07) is 67.5. The quantitative estimate of drug-likeness (QED) is 0.172. The molecule has 0 spiro atoms. The van der Waals surface area contributed by atoms with Crippen LogP contribution in [0.2, 0.25) is 0 Å². The molecule has 0 aliphatic heterocycles. The molecule has 0 bridgehead atoms. The van der Waals surface area contributed by atoms with Crippen LogP contribution in [0.4, 0.5) is 0 Å². The Morgan fingerprint density at radius 1 is 0.357 bits per heavy atom. The van der Waals surface area contributed by atoms with Gasteiger partial charge in [0, 0.05) is 49.5 Å². The molecule has 0 amide bonds. The summed E-state index contributed by atoms with van der Waals surface area (Å²) in [5, 5.41) is 4.46. The predicted octanol–water partition coefficient (Wildman–Crippen LogP) is 13.2. The van der Waals surface area contributed by atoms with E-state index in [0.717, 1.165) is 66.5 Å². The predicted molar refractivity (Wildman–Crippen MR) is 229 cm³/mol. The van der Waals surface area contributed by atoms with Gasteiger partial charge in [0.2, 0.25) is 0 Å². The zero-order valence-corrected chi connectivity index (χ0v) is 30.2. The van der Waals surface area contributed by atoms with Gasteiger partial charge in [-0.25, -0.2) is 15.0 Å². The van der Waals surface area contributed by atoms with Gasteiger partial charge < -0.3 is 8.98 Å². The molecule has 262 valence electrons. The molecule has 11 rings (SSSR count). The lowest BCUT2D eigenvalue weighted by molar-refractivity contribution is 0.669. The Balaban J connectivity index is 1.23. The summed E-state index contributed by atoms with van der Waals surface area (Å²) in [5.41, 5.74) is 12.1. The molecule has 0 fully saturated rings. The number of para-hydroxylation sites is 3. The molecule has 11 aromatic rings. The third kappa shape index (κ3) is 5.29. The molecule has 0 saturated heterocycles. The van der Waals surface area contributed by atoms with Crippen LogP contribution in [0.25, 0.3) is 106 Å². The van der Waals surface area contributed by atoms with Gasteiger partial charge in [-0.05, 0) is 53.1 Å². The Bertz CT molecular complexity index is 3170. The van der Waals surface area contributed by atoms with E-state index in [0.29, 0.717) is 17.5 Å².